The predicted molar refractivity (Wildman–Crippen MR) is 78.6 cm³/mol. The van der Waals surface area contributed by atoms with Gasteiger partial charge in [-0.1, -0.05) is 30.3 Å². The molecule has 0 aromatic heterocycles. The van der Waals surface area contributed by atoms with Crippen molar-refractivity contribution in [1.29, 1.82) is 0 Å². The smallest absolute Gasteiger partial charge is 0.240 e. The van der Waals surface area contributed by atoms with Crippen molar-refractivity contribution in [3.63, 3.8) is 0 Å². The molecule has 1 atom stereocenters. The number of terminal acetylenes is 1. The van der Waals surface area contributed by atoms with Gasteiger partial charge in [0.2, 0.25) is 11.8 Å². The Kier molecular flexibility index (Phi) is 6.91. The lowest BCUT2D eigenvalue weighted by molar-refractivity contribution is -0.127. The summed E-state index contributed by atoms with van der Waals surface area (Å²) in [6.45, 7) is 0. The molecule has 0 bridgehead atoms. The minimum atomic E-state index is -0.633. The van der Waals surface area contributed by atoms with Crippen molar-refractivity contribution in [2.24, 2.45) is 5.73 Å². The van der Waals surface area contributed by atoms with Gasteiger partial charge in [-0.15, -0.1) is 12.3 Å². The van der Waals surface area contributed by atoms with Crippen molar-refractivity contribution in [2.45, 2.75) is 38.1 Å². The molecule has 4 heteroatoms. The fraction of sp³-hybridized carbons (Fsp3) is 0.375. The van der Waals surface area contributed by atoms with Gasteiger partial charge in [-0.3, -0.25) is 9.59 Å². The van der Waals surface area contributed by atoms with Crippen LogP contribution in [0.25, 0.3) is 0 Å². The normalized spacial score (nSPS) is 11.3. The lowest BCUT2D eigenvalue weighted by atomic mass is 10.1. The molecular weight excluding hydrogens is 252 g/mol. The fourth-order valence-electron chi connectivity index (χ4n) is 1.86. The van der Waals surface area contributed by atoms with Gasteiger partial charge in [-0.25, -0.2) is 0 Å². The average molecular weight is 272 g/mol. The zero-order valence-electron chi connectivity index (χ0n) is 11.5. The summed E-state index contributed by atoms with van der Waals surface area (Å²) in [7, 11) is 0. The van der Waals surface area contributed by atoms with Crippen molar-refractivity contribution in [3.05, 3.63) is 35.9 Å². The molecule has 0 saturated heterocycles. The molecule has 3 N–H and O–H groups in total. The molecule has 0 spiro atoms. The van der Waals surface area contributed by atoms with Crippen LogP contribution in [0.15, 0.2) is 30.3 Å². The van der Waals surface area contributed by atoms with E-state index >= 15 is 0 Å². The number of rotatable bonds is 8. The van der Waals surface area contributed by atoms with Crippen LogP contribution in [0, 0.1) is 12.3 Å². The maximum absolute atomic E-state index is 11.8. The average Bonchev–Trinajstić information content (AvgIpc) is 2.45. The summed E-state index contributed by atoms with van der Waals surface area (Å²) in [6.07, 6.45) is 7.85. The van der Waals surface area contributed by atoms with Crippen LogP contribution in [0.4, 0.5) is 0 Å². The number of nitrogens with two attached hydrogens (primary N) is 1. The molecule has 20 heavy (non-hydrogen) atoms. The summed E-state index contributed by atoms with van der Waals surface area (Å²) in [4.78, 5) is 23.1. The van der Waals surface area contributed by atoms with Crippen molar-refractivity contribution >= 4 is 11.8 Å². The van der Waals surface area contributed by atoms with Crippen LogP contribution >= 0.6 is 0 Å². The van der Waals surface area contributed by atoms with Gasteiger partial charge in [0.1, 0.15) is 6.04 Å². The summed E-state index contributed by atoms with van der Waals surface area (Å²) in [6, 6.07) is 9.08. The van der Waals surface area contributed by atoms with Crippen LogP contribution in [0.1, 0.15) is 31.2 Å². The second kappa shape index (κ2) is 8.76. The summed E-state index contributed by atoms with van der Waals surface area (Å²) in [5.41, 5.74) is 6.36. The van der Waals surface area contributed by atoms with Crippen LogP contribution in [-0.2, 0) is 16.0 Å². The zero-order valence-corrected chi connectivity index (χ0v) is 11.5. The van der Waals surface area contributed by atoms with Crippen molar-refractivity contribution < 1.29 is 9.59 Å². The van der Waals surface area contributed by atoms with Crippen LogP contribution in [0.3, 0.4) is 0 Å². The van der Waals surface area contributed by atoms with Gasteiger partial charge in [0, 0.05) is 12.8 Å². The number of amides is 2. The number of carbonyl (C=O) groups excluding carboxylic acids is 2. The molecule has 0 aliphatic rings. The maximum atomic E-state index is 11.8. The highest BCUT2D eigenvalue weighted by Crippen LogP contribution is 2.04. The van der Waals surface area contributed by atoms with Gasteiger partial charge in [0.25, 0.3) is 0 Å². The van der Waals surface area contributed by atoms with Crippen LogP contribution in [0.2, 0.25) is 0 Å². The third-order valence-corrected chi connectivity index (χ3v) is 2.98. The first-order valence-electron chi connectivity index (χ1n) is 6.69. The SMILES string of the molecule is C#CCCC[C@H](NC(=O)CCc1ccccc1)C(N)=O. The number of unbranched alkanes of at least 4 members (excludes halogenated alkanes) is 1. The Balaban J connectivity index is 2.38. The van der Waals surface area contributed by atoms with E-state index in [2.05, 4.69) is 11.2 Å². The minimum absolute atomic E-state index is 0.168. The topological polar surface area (TPSA) is 72.2 Å². The van der Waals surface area contributed by atoms with E-state index in [0.717, 1.165) is 5.56 Å². The largest absolute Gasteiger partial charge is 0.368 e. The Hall–Kier alpha value is -2.28. The van der Waals surface area contributed by atoms with Crippen LogP contribution < -0.4 is 11.1 Å². The number of aryl methyl sites for hydroxylation is 1. The maximum Gasteiger partial charge on any atom is 0.240 e. The Morgan fingerprint density at radius 2 is 2.00 bits per heavy atom. The van der Waals surface area contributed by atoms with E-state index in [1.807, 2.05) is 30.3 Å². The van der Waals surface area contributed by atoms with Crippen LogP contribution in [-0.4, -0.2) is 17.9 Å². The number of hydrogen-bond acceptors (Lipinski definition) is 2. The molecule has 1 aromatic carbocycles. The number of benzene rings is 1. The van der Waals surface area contributed by atoms with Gasteiger partial charge >= 0.3 is 0 Å². The van der Waals surface area contributed by atoms with E-state index in [1.54, 1.807) is 0 Å². The Morgan fingerprint density at radius 3 is 2.60 bits per heavy atom. The summed E-state index contributed by atoms with van der Waals surface area (Å²) in [5, 5.41) is 2.66. The van der Waals surface area contributed by atoms with Crippen LogP contribution in [0.5, 0.6) is 0 Å². The van der Waals surface area contributed by atoms with E-state index in [1.165, 1.54) is 0 Å². The van der Waals surface area contributed by atoms with Crippen molar-refractivity contribution in [1.82, 2.24) is 5.32 Å². The van der Waals surface area contributed by atoms with Gasteiger partial charge in [-0.2, -0.15) is 0 Å². The quantitative estimate of drug-likeness (QED) is 0.554. The Labute approximate surface area is 119 Å². The van der Waals surface area contributed by atoms with Crippen molar-refractivity contribution in [3.8, 4) is 12.3 Å². The van der Waals surface area contributed by atoms with Crippen molar-refractivity contribution in [2.75, 3.05) is 0 Å². The summed E-state index contributed by atoms with van der Waals surface area (Å²) in [5.74, 6) is 1.81. The molecule has 106 valence electrons. The molecular formula is C16H20N2O2. The van der Waals surface area contributed by atoms with E-state index < -0.39 is 11.9 Å². The number of primary amides is 1. The lowest BCUT2D eigenvalue weighted by Gasteiger charge is -2.14. The van der Waals surface area contributed by atoms with E-state index in [4.69, 9.17) is 12.2 Å². The molecule has 0 aliphatic carbocycles. The van der Waals surface area contributed by atoms with E-state index in [9.17, 15) is 9.59 Å². The third-order valence-electron chi connectivity index (χ3n) is 2.98. The standard InChI is InChI=1S/C16H20N2O2/c1-2-3-5-10-14(16(17)20)18-15(19)12-11-13-8-6-4-7-9-13/h1,4,6-9,14H,3,5,10-12H2,(H2,17,20)(H,18,19)/t14-/m0/s1. The van der Waals surface area contributed by atoms with Gasteiger partial charge in [-0.05, 0) is 24.8 Å². The molecule has 2 amide bonds. The van der Waals surface area contributed by atoms with Gasteiger partial charge in [0.05, 0.1) is 0 Å². The molecule has 0 saturated carbocycles. The molecule has 0 radical (unpaired) electrons. The molecule has 0 unspecified atom stereocenters. The van der Waals surface area contributed by atoms with E-state index in [0.29, 0.717) is 32.1 Å². The lowest BCUT2D eigenvalue weighted by Crippen LogP contribution is -2.44. The highest BCUT2D eigenvalue weighted by atomic mass is 16.2. The first-order valence-corrected chi connectivity index (χ1v) is 6.69. The highest BCUT2D eigenvalue weighted by molar-refractivity contribution is 5.86. The third kappa shape index (κ3) is 6.05. The molecule has 0 aliphatic heterocycles. The Morgan fingerprint density at radius 1 is 1.30 bits per heavy atom. The highest BCUT2D eigenvalue weighted by Gasteiger charge is 2.17. The minimum Gasteiger partial charge on any atom is -0.368 e. The predicted octanol–water partition coefficient (Wildman–Crippen LogP) is 1.39. The summed E-state index contributed by atoms with van der Waals surface area (Å²) >= 11 is 0. The van der Waals surface area contributed by atoms with Gasteiger partial charge in [0.15, 0.2) is 0 Å². The first-order chi connectivity index (χ1) is 9.63. The molecule has 0 heterocycles. The number of hydrogen-bond donors (Lipinski definition) is 2. The second-order valence-electron chi connectivity index (χ2n) is 4.60. The number of nitrogens with one attached hydrogen (secondary N) is 1. The first kappa shape index (κ1) is 15.8. The molecule has 0 fully saturated rings. The molecule has 1 aromatic rings. The van der Waals surface area contributed by atoms with Gasteiger partial charge < -0.3 is 11.1 Å². The molecule has 4 nitrogen and oxygen atoms in total. The fourth-order valence-corrected chi connectivity index (χ4v) is 1.86. The Bertz CT molecular complexity index is 477. The van der Waals surface area contributed by atoms with E-state index in [-0.39, 0.29) is 5.91 Å². The second-order valence-corrected chi connectivity index (χ2v) is 4.60. The summed E-state index contributed by atoms with van der Waals surface area (Å²) < 4.78 is 0. The monoisotopic (exact) mass is 272 g/mol. The molecule has 1 rings (SSSR count). The number of carbonyl (C=O) groups is 2. The zero-order chi connectivity index (χ0) is 14.8.